The van der Waals surface area contributed by atoms with Gasteiger partial charge < -0.3 is 14.8 Å². The SMILES string of the molecule is COc1cc(CNC(C)(C)C)ccc1OCc1ccccc1. The highest BCUT2D eigenvalue weighted by Crippen LogP contribution is 2.29. The molecule has 0 saturated carbocycles. The van der Waals surface area contributed by atoms with Gasteiger partial charge in [-0.3, -0.25) is 0 Å². The summed E-state index contributed by atoms with van der Waals surface area (Å²) in [6, 6.07) is 16.2. The average molecular weight is 299 g/mol. The highest BCUT2D eigenvalue weighted by molar-refractivity contribution is 5.43. The van der Waals surface area contributed by atoms with Crippen LogP contribution in [0.15, 0.2) is 48.5 Å². The number of rotatable bonds is 6. The molecule has 0 fully saturated rings. The van der Waals surface area contributed by atoms with Crippen LogP contribution in [-0.2, 0) is 13.2 Å². The van der Waals surface area contributed by atoms with Gasteiger partial charge in [-0.2, -0.15) is 0 Å². The van der Waals surface area contributed by atoms with Gasteiger partial charge in [0.2, 0.25) is 0 Å². The predicted molar refractivity (Wildman–Crippen MR) is 90.4 cm³/mol. The van der Waals surface area contributed by atoms with Crippen molar-refractivity contribution in [3.05, 3.63) is 59.7 Å². The molecule has 0 aliphatic heterocycles. The van der Waals surface area contributed by atoms with E-state index in [0.717, 1.165) is 23.6 Å². The molecule has 0 bridgehead atoms. The molecule has 3 heteroatoms. The van der Waals surface area contributed by atoms with Crippen molar-refractivity contribution in [2.24, 2.45) is 0 Å². The summed E-state index contributed by atoms with van der Waals surface area (Å²) < 4.78 is 11.3. The van der Waals surface area contributed by atoms with Crippen LogP contribution in [0.3, 0.4) is 0 Å². The van der Waals surface area contributed by atoms with Crippen molar-refractivity contribution < 1.29 is 9.47 Å². The van der Waals surface area contributed by atoms with Crippen LogP contribution in [0.25, 0.3) is 0 Å². The molecular formula is C19H25NO2. The van der Waals surface area contributed by atoms with E-state index in [1.807, 2.05) is 42.5 Å². The van der Waals surface area contributed by atoms with Crippen molar-refractivity contribution >= 4 is 0 Å². The Bertz CT molecular complexity index is 588. The van der Waals surface area contributed by atoms with Crippen molar-refractivity contribution in [1.82, 2.24) is 5.32 Å². The van der Waals surface area contributed by atoms with Gasteiger partial charge in [-0.25, -0.2) is 0 Å². The minimum absolute atomic E-state index is 0.0930. The summed E-state index contributed by atoms with van der Waals surface area (Å²) in [6.45, 7) is 7.81. The van der Waals surface area contributed by atoms with E-state index in [9.17, 15) is 0 Å². The quantitative estimate of drug-likeness (QED) is 0.868. The van der Waals surface area contributed by atoms with Crippen LogP contribution in [0, 0.1) is 0 Å². The maximum absolute atomic E-state index is 5.87. The third-order valence-corrected chi connectivity index (χ3v) is 3.29. The van der Waals surface area contributed by atoms with Gasteiger partial charge in [0.15, 0.2) is 11.5 Å². The number of hydrogen-bond donors (Lipinski definition) is 1. The molecule has 22 heavy (non-hydrogen) atoms. The van der Waals surface area contributed by atoms with Gasteiger partial charge in [-0.05, 0) is 44.0 Å². The molecule has 0 amide bonds. The summed E-state index contributed by atoms with van der Waals surface area (Å²) in [5.74, 6) is 1.54. The monoisotopic (exact) mass is 299 g/mol. The van der Waals surface area contributed by atoms with E-state index >= 15 is 0 Å². The highest BCUT2D eigenvalue weighted by Gasteiger charge is 2.10. The minimum atomic E-state index is 0.0930. The molecule has 2 rings (SSSR count). The van der Waals surface area contributed by atoms with E-state index in [4.69, 9.17) is 9.47 Å². The third kappa shape index (κ3) is 5.08. The predicted octanol–water partition coefficient (Wildman–Crippen LogP) is 4.16. The third-order valence-electron chi connectivity index (χ3n) is 3.29. The summed E-state index contributed by atoms with van der Waals surface area (Å²) >= 11 is 0. The first-order valence-corrected chi connectivity index (χ1v) is 7.56. The Morgan fingerprint density at radius 3 is 2.27 bits per heavy atom. The Kier molecular flexibility index (Phi) is 5.45. The second kappa shape index (κ2) is 7.32. The fraction of sp³-hybridized carbons (Fsp3) is 0.368. The minimum Gasteiger partial charge on any atom is -0.493 e. The van der Waals surface area contributed by atoms with Gasteiger partial charge >= 0.3 is 0 Å². The van der Waals surface area contributed by atoms with Crippen LogP contribution >= 0.6 is 0 Å². The van der Waals surface area contributed by atoms with Crippen LogP contribution in [-0.4, -0.2) is 12.6 Å². The second-order valence-corrected chi connectivity index (χ2v) is 6.36. The Hall–Kier alpha value is -2.00. The lowest BCUT2D eigenvalue weighted by Gasteiger charge is -2.21. The first-order valence-electron chi connectivity index (χ1n) is 7.56. The number of hydrogen-bond acceptors (Lipinski definition) is 3. The summed E-state index contributed by atoms with van der Waals surface area (Å²) in [6.07, 6.45) is 0. The molecule has 0 saturated heterocycles. The molecule has 3 nitrogen and oxygen atoms in total. The molecule has 0 radical (unpaired) electrons. The summed E-state index contributed by atoms with van der Waals surface area (Å²) in [7, 11) is 1.67. The van der Waals surface area contributed by atoms with Gasteiger partial charge in [-0.1, -0.05) is 36.4 Å². The normalized spacial score (nSPS) is 11.3. The van der Waals surface area contributed by atoms with E-state index in [1.165, 1.54) is 5.56 Å². The fourth-order valence-electron chi connectivity index (χ4n) is 2.04. The van der Waals surface area contributed by atoms with E-state index in [1.54, 1.807) is 7.11 Å². The van der Waals surface area contributed by atoms with Crippen LogP contribution in [0.5, 0.6) is 11.5 Å². The fourth-order valence-corrected chi connectivity index (χ4v) is 2.04. The van der Waals surface area contributed by atoms with Gasteiger partial charge in [0.05, 0.1) is 7.11 Å². The van der Waals surface area contributed by atoms with Crippen molar-refractivity contribution in [1.29, 1.82) is 0 Å². The average Bonchev–Trinajstić information content (AvgIpc) is 2.51. The number of benzene rings is 2. The van der Waals surface area contributed by atoms with Crippen molar-refractivity contribution in [2.45, 2.75) is 39.5 Å². The van der Waals surface area contributed by atoms with E-state index in [0.29, 0.717) is 6.61 Å². The Morgan fingerprint density at radius 2 is 1.64 bits per heavy atom. The maximum Gasteiger partial charge on any atom is 0.161 e. The van der Waals surface area contributed by atoms with Crippen LogP contribution < -0.4 is 14.8 Å². The smallest absolute Gasteiger partial charge is 0.161 e. The molecule has 2 aromatic rings. The number of nitrogens with one attached hydrogen (secondary N) is 1. The number of ether oxygens (including phenoxy) is 2. The van der Waals surface area contributed by atoms with Crippen LogP contribution in [0.4, 0.5) is 0 Å². The van der Waals surface area contributed by atoms with E-state index in [2.05, 4.69) is 32.2 Å². The lowest BCUT2D eigenvalue weighted by Crippen LogP contribution is -2.35. The molecule has 0 unspecified atom stereocenters. The zero-order valence-corrected chi connectivity index (χ0v) is 13.8. The summed E-state index contributed by atoms with van der Waals surface area (Å²) in [4.78, 5) is 0. The van der Waals surface area contributed by atoms with E-state index < -0.39 is 0 Å². The second-order valence-electron chi connectivity index (χ2n) is 6.36. The molecule has 118 valence electrons. The molecule has 0 aliphatic rings. The number of methoxy groups -OCH3 is 1. The molecule has 0 atom stereocenters. The van der Waals surface area contributed by atoms with Gasteiger partial charge in [-0.15, -0.1) is 0 Å². The molecule has 2 aromatic carbocycles. The topological polar surface area (TPSA) is 30.5 Å². The molecule has 1 N–H and O–H groups in total. The molecule has 0 aliphatic carbocycles. The summed E-state index contributed by atoms with van der Waals surface area (Å²) in [5, 5.41) is 3.47. The molecule has 0 aromatic heterocycles. The van der Waals surface area contributed by atoms with Crippen molar-refractivity contribution in [2.75, 3.05) is 7.11 Å². The van der Waals surface area contributed by atoms with Gasteiger partial charge in [0, 0.05) is 12.1 Å². The lowest BCUT2D eigenvalue weighted by atomic mass is 10.1. The first-order chi connectivity index (χ1) is 10.5. The van der Waals surface area contributed by atoms with Crippen LogP contribution in [0.1, 0.15) is 31.9 Å². The molecular weight excluding hydrogens is 274 g/mol. The highest BCUT2D eigenvalue weighted by atomic mass is 16.5. The standard InChI is InChI=1S/C19H25NO2/c1-19(2,3)20-13-16-10-11-17(18(12-16)21-4)22-14-15-8-6-5-7-9-15/h5-12,20H,13-14H2,1-4H3. The Labute approximate surface area is 133 Å². The first kappa shape index (κ1) is 16.4. The zero-order valence-electron chi connectivity index (χ0n) is 13.8. The Morgan fingerprint density at radius 1 is 0.909 bits per heavy atom. The largest absolute Gasteiger partial charge is 0.493 e. The lowest BCUT2D eigenvalue weighted by molar-refractivity contribution is 0.284. The van der Waals surface area contributed by atoms with Crippen LogP contribution in [0.2, 0.25) is 0 Å². The maximum atomic E-state index is 5.87. The van der Waals surface area contributed by atoms with Crippen molar-refractivity contribution in [3.63, 3.8) is 0 Å². The zero-order chi connectivity index (χ0) is 16.0. The van der Waals surface area contributed by atoms with Gasteiger partial charge in [0.1, 0.15) is 6.61 Å². The van der Waals surface area contributed by atoms with Crippen molar-refractivity contribution in [3.8, 4) is 11.5 Å². The molecule has 0 heterocycles. The van der Waals surface area contributed by atoms with Gasteiger partial charge in [0.25, 0.3) is 0 Å². The molecule has 0 spiro atoms. The Balaban J connectivity index is 2.02. The van der Waals surface area contributed by atoms with E-state index in [-0.39, 0.29) is 5.54 Å². The summed E-state index contributed by atoms with van der Waals surface area (Å²) in [5.41, 5.74) is 2.41.